The number of ether oxygens (including phenoxy) is 1. The molecule has 8 heteroatoms. The second-order valence-corrected chi connectivity index (χ2v) is 8.82. The first-order valence-corrected chi connectivity index (χ1v) is 10.2. The number of rotatable bonds is 2. The van der Waals surface area contributed by atoms with Crippen molar-refractivity contribution < 1.29 is 19.4 Å². The van der Waals surface area contributed by atoms with Crippen molar-refractivity contribution in [2.75, 3.05) is 31.6 Å². The standard InChI is InChI=1S/C18H25N3O4S/c22-15(23)12-2-1-7-21(11-12)17(24)20-16-19-13-3-4-18(10-14(13)26-16)5-8-25-9-6-18/h12H,1-11H2,(H,22,23)(H,19,20,24). The van der Waals surface area contributed by atoms with Crippen LogP contribution in [0.1, 0.15) is 42.7 Å². The first-order chi connectivity index (χ1) is 12.5. The second kappa shape index (κ2) is 7.15. The van der Waals surface area contributed by atoms with Gasteiger partial charge >= 0.3 is 12.0 Å². The third kappa shape index (κ3) is 3.57. The summed E-state index contributed by atoms with van der Waals surface area (Å²) >= 11 is 1.58. The van der Waals surface area contributed by atoms with E-state index in [0.29, 0.717) is 23.5 Å². The minimum Gasteiger partial charge on any atom is -0.481 e. The Morgan fingerprint density at radius 2 is 2.12 bits per heavy atom. The molecule has 26 heavy (non-hydrogen) atoms. The Bertz CT molecular complexity index is 699. The molecule has 7 nitrogen and oxygen atoms in total. The van der Waals surface area contributed by atoms with E-state index in [0.717, 1.165) is 57.4 Å². The molecule has 1 atom stereocenters. The highest BCUT2D eigenvalue weighted by Crippen LogP contribution is 2.45. The number of likely N-dealkylation sites (tertiary alicyclic amines) is 1. The quantitative estimate of drug-likeness (QED) is 0.824. The van der Waals surface area contributed by atoms with Gasteiger partial charge in [0.25, 0.3) is 0 Å². The Balaban J connectivity index is 1.40. The maximum absolute atomic E-state index is 12.5. The minimum absolute atomic E-state index is 0.233. The molecule has 2 saturated heterocycles. The van der Waals surface area contributed by atoms with Crippen molar-refractivity contribution in [3.63, 3.8) is 0 Å². The molecule has 1 aromatic heterocycles. The van der Waals surface area contributed by atoms with Gasteiger partial charge < -0.3 is 14.7 Å². The lowest BCUT2D eigenvalue weighted by Crippen LogP contribution is -2.44. The molecule has 2 fully saturated rings. The van der Waals surface area contributed by atoms with Gasteiger partial charge in [0, 0.05) is 31.2 Å². The van der Waals surface area contributed by atoms with Gasteiger partial charge in [-0.15, -0.1) is 11.3 Å². The molecule has 142 valence electrons. The SMILES string of the molecule is O=C(O)C1CCCN(C(=O)Nc2nc3c(s2)CC2(CCOCC2)CC3)C1. The van der Waals surface area contributed by atoms with Crippen molar-refractivity contribution in [3.05, 3.63) is 10.6 Å². The van der Waals surface area contributed by atoms with Crippen molar-refractivity contribution >= 4 is 28.5 Å². The van der Waals surface area contributed by atoms with Crippen LogP contribution in [-0.2, 0) is 22.4 Å². The van der Waals surface area contributed by atoms with Gasteiger partial charge in [-0.25, -0.2) is 9.78 Å². The normalized spacial score (nSPS) is 24.9. The summed E-state index contributed by atoms with van der Waals surface area (Å²) in [6.07, 6.45) is 6.72. The van der Waals surface area contributed by atoms with E-state index in [-0.39, 0.29) is 12.6 Å². The van der Waals surface area contributed by atoms with Crippen LogP contribution in [0.4, 0.5) is 9.93 Å². The summed E-state index contributed by atoms with van der Waals surface area (Å²) < 4.78 is 5.52. The van der Waals surface area contributed by atoms with Gasteiger partial charge in [0.1, 0.15) is 0 Å². The summed E-state index contributed by atoms with van der Waals surface area (Å²) in [6.45, 7) is 2.56. The van der Waals surface area contributed by atoms with Crippen LogP contribution in [0.25, 0.3) is 0 Å². The van der Waals surface area contributed by atoms with E-state index in [1.807, 2.05) is 0 Å². The molecule has 0 saturated carbocycles. The first-order valence-electron chi connectivity index (χ1n) is 9.40. The number of piperidine rings is 1. The van der Waals surface area contributed by atoms with E-state index >= 15 is 0 Å². The van der Waals surface area contributed by atoms with Crippen LogP contribution in [0.5, 0.6) is 0 Å². The fraction of sp³-hybridized carbons (Fsp3) is 0.722. The maximum Gasteiger partial charge on any atom is 0.323 e. The number of thiazole rings is 1. The zero-order chi connectivity index (χ0) is 18.1. The number of carbonyl (C=O) groups is 2. The number of amides is 2. The maximum atomic E-state index is 12.5. The smallest absolute Gasteiger partial charge is 0.323 e. The van der Waals surface area contributed by atoms with E-state index < -0.39 is 11.9 Å². The van der Waals surface area contributed by atoms with Crippen LogP contribution in [0.2, 0.25) is 0 Å². The number of fused-ring (bicyclic) bond motifs is 1. The average Bonchev–Trinajstić information content (AvgIpc) is 3.03. The molecule has 1 spiro atoms. The number of nitrogens with one attached hydrogen (secondary N) is 1. The van der Waals surface area contributed by atoms with Crippen LogP contribution in [0.15, 0.2) is 0 Å². The molecular formula is C18H25N3O4S. The van der Waals surface area contributed by atoms with Gasteiger partial charge in [0.15, 0.2) is 5.13 Å². The topological polar surface area (TPSA) is 91.8 Å². The number of urea groups is 1. The number of aliphatic carboxylic acids is 1. The van der Waals surface area contributed by atoms with Gasteiger partial charge in [0.2, 0.25) is 0 Å². The van der Waals surface area contributed by atoms with Crippen molar-refractivity contribution in [3.8, 4) is 0 Å². The summed E-state index contributed by atoms with van der Waals surface area (Å²) in [5.41, 5.74) is 1.46. The first kappa shape index (κ1) is 17.7. The third-order valence-electron chi connectivity index (χ3n) is 6.03. The number of hydrogen-bond acceptors (Lipinski definition) is 5. The van der Waals surface area contributed by atoms with Gasteiger partial charge in [-0.3, -0.25) is 10.1 Å². The Labute approximate surface area is 156 Å². The monoisotopic (exact) mass is 379 g/mol. The summed E-state index contributed by atoms with van der Waals surface area (Å²) in [5.74, 6) is -1.29. The Morgan fingerprint density at radius 3 is 2.88 bits per heavy atom. The lowest BCUT2D eigenvalue weighted by atomic mass is 9.70. The Kier molecular flexibility index (Phi) is 4.88. The van der Waals surface area contributed by atoms with Crippen LogP contribution in [0, 0.1) is 11.3 Å². The Hall–Kier alpha value is -1.67. The molecule has 0 bridgehead atoms. The third-order valence-corrected chi connectivity index (χ3v) is 7.04. The zero-order valence-corrected chi connectivity index (χ0v) is 15.6. The summed E-state index contributed by atoms with van der Waals surface area (Å²) in [7, 11) is 0. The highest BCUT2D eigenvalue weighted by Gasteiger charge is 2.38. The number of aryl methyl sites for hydroxylation is 1. The molecule has 2 N–H and O–H groups in total. The number of carboxylic acids is 1. The second-order valence-electron chi connectivity index (χ2n) is 7.73. The molecule has 1 unspecified atom stereocenters. The fourth-order valence-corrected chi connectivity index (χ4v) is 5.52. The molecule has 3 heterocycles. The number of nitrogens with zero attached hydrogens (tertiary/aromatic N) is 2. The number of carbonyl (C=O) groups excluding carboxylic acids is 1. The predicted octanol–water partition coefficient (Wildman–Crippen LogP) is 2.76. The van der Waals surface area contributed by atoms with Gasteiger partial charge in [0.05, 0.1) is 11.6 Å². The van der Waals surface area contributed by atoms with Crippen LogP contribution in [0.3, 0.4) is 0 Å². The molecule has 4 rings (SSSR count). The molecule has 1 aromatic rings. The minimum atomic E-state index is -0.825. The van der Waals surface area contributed by atoms with Crippen molar-refractivity contribution in [1.29, 1.82) is 0 Å². The Morgan fingerprint density at radius 1 is 1.31 bits per heavy atom. The summed E-state index contributed by atoms with van der Waals surface area (Å²) in [5, 5.41) is 12.7. The van der Waals surface area contributed by atoms with Crippen LogP contribution in [-0.4, -0.2) is 53.3 Å². The highest BCUT2D eigenvalue weighted by atomic mass is 32.1. The lowest BCUT2D eigenvalue weighted by Gasteiger charge is -2.39. The van der Waals surface area contributed by atoms with Crippen molar-refractivity contribution in [2.45, 2.75) is 44.9 Å². The molecule has 3 aliphatic rings. The number of carboxylic acid groups (broad SMARTS) is 1. The van der Waals surface area contributed by atoms with E-state index in [4.69, 9.17) is 4.74 Å². The largest absolute Gasteiger partial charge is 0.481 e. The van der Waals surface area contributed by atoms with Crippen LogP contribution < -0.4 is 5.32 Å². The van der Waals surface area contributed by atoms with E-state index in [1.165, 1.54) is 4.88 Å². The van der Waals surface area contributed by atoms with Crippen LogP contribution >= 0.6 is 11.3 Å². The molecule has 2 amide bonds. The molecule has 0 radical (unpaired) electrons. The summed E-state index contributed by atoms with van der Waals surface area (Å²) in [6, 6.07) is -0.233. The number of aromatic nitrogens is 1. The van der Waals surface area contributed by atoms with E-state index in [2.05, 4.69) is 10.3 Å². The predicted molar refractivity (Wildman–Crippen MR) is 97.6 cm³/mol. The van der Waals surface area contributed by atoms with Crippen molar-refractivity contribution in [2.24, 2.45) is 11.3 Å². The van der Waals surface area contributed by atoms with E-state index in [9.17, 15) is 14.7 Å². The van der Waals surface area contributed by atoms with Gasteiger partial charge in [-0.2, -0.15) is 0 Å². The highest BCUT2D eigenvalue weighted by molar-refractivity contribution is 7.15. The molecule has 1 aliphatic carbocycles. The van der Waals surface area contributed by atoms with Gasteiger partial charge in [-0.1, -0.05) is 0 Å². The van der Waals surface area contributed by atoms with E-state index in [1.54, 1.807) is 16.2 Å². The van der Waals surface area contributed by atoms with Gasteiger partial charge in [-0.05, 0) is 50.4 Å². The van der Waals surface area contributed by atoms with Crippen molar-refractivity contribution in [1.82, 2.24) is 9.88 Å². The lowest BCUT2D eigenvalue weighted by molar-refractivity contribution is -0.143. The number of hydrogen-bond donors (Lipinski definition) is 2. The summed E-state index contributed by atoms with van der Waals surface area (Å²) in [4.78, 5) is 31.2. The molecule has 2 aliphatic heterocycles. The fourth-order valence-electron chi connectivity index (χ4n) is 4.35. The molecule has 0 aromatic carbocycles. The molecular weight excluding hydrogens is 354 g/mol. The zero-order valence-electron chi connectivity index (χ0n) is 14.8. The number of anilines is 1. The average molecular weight is 379 g/mol.